The van der Waals surface area contributed by atoms with Crippen molar-refractivity contribution in [2.75, 3.05) is 32.7 Å². The zero-order chi connectivity index (χ0) is 20.1. The minimum Gasteiger partial charge on any atom is -0.441 e. The fourth-order valence-corrected chi connectivity index (χ4v) is 3.44. The van der Waals surface area contributed by atoms with Crippen molar-refractivity contribution in [1.29, 1.82) is 0 Å². The Bertz CT molecular complexity index is 782. The maximum absolute atomic E-state index is 12.5. The molecule has 1 aliphatic heterocycles. The quantitative estimate of drug-likeness (QED) is 0.672. The maximum atomic E-state index is 12.5. The Morgan fingerprint density at radius 1 is 1.32 bits per heavy atom. The topological polar surface area (TPSA) is 70.4 Å². The predicted octanol–water partition coefficient (Wildman–Crippen LogP) is 2.89. The Hall–Kier alpha value is -1.89. The van der Waals surface area contributed by atoms with E-state index in [1.165, 1.54) is 0 Å². The van der Waals surface area contributed by atoms with Crippen LogP contribution in [0.4, 0.5) is 0 Å². The van der Waals surface area contributed by atoms with Crippen LogP contribution in [0, 0.1) is 12.8 Å². The van der Waals surface area contributed by atoms with Gasteiger partial charge in [-0.05, 0) is 44.3 Å². The number of halogens is 1. The highest BCUT2D eigenvalue weighted by molar-refractivity contribution is 6.30. The molecule has 1 amide bonds. The first kappa shape index (κ1) is 20.8. The van der Waals surface area contributed by atoms with Gasteiger partial charge in [-0.3, -0.25) is 4.79 Å². The summed E-state index contributed by atoms with van der Waals surface area (Å²) in [4.78, 5) is 19.5. The molecule has 1 fully saturated rings. The van der Waals surface area contributed by atoms with Gasteiger partial charge in [0.2, 0.25) is 11.8 Å². The van der Waals surface area contributed by atoms with Crippen LogP contribution in [0.3, 0.4) is 0 Å². The first-order chi connectivity index (χ1) is 13.5. The fraction of sp³-hybridized carbons (Fsp3) is 0.524. The molecule has 7 heteroatoms. The van der Waals surface area contributed by atoms with Crippen LogP contribution in [0.2, 0.25) is 5.02 Å². The van der Waals surface area contributed by atoms with E-state index >= 15 is 0 Å². The molecule has 28 heavy (non-hydrogen) atoms. The van der Waals surface area contributed by atoms with E-state index in [1.807, 2.05) is 31.2 Å². The molecule has 0 aliphatic carbocycles. The molecule has 2 N–H and O–H groups in total. The number of carbonyl (C=O) groups is 1. The number of oxazole rings is 1. The lowest BCUT2D eigenvalue weighted by atomic mass is 10.0. The number of rotatable bonds is 9. The van der Waals surface area contributed by atoms with Crippen molar-refractivity contribution in [3.8, 4) is 11.5 Å². The predicted molar refractivity (Wildman–Crippen MR) is 111 cm³/mol. The average Bonchev–Trinajstić information content (AvgIpc) is 2.99. The molecule has 1 aliphatic rings. The van der Waals surface area contributed by atoms with Gasteiger partial charge < -0.3 is 20.0 Å². The number of aromatic nitrogens is 1. The zero-order valence-corrected chi connectivity index (χ0v) is 17.6. The summed E-state index contributed by atoms with van der Waals surface area (Å²) in [6.45, 7) is 10.4. The van der Waals surface area contributed by atoms with E-state index in [1.54, 1.807) is 0 Å². The third kappa shape index (κ3) is 5.13. The molecule has 0 spiro atoms. The molecule has 0 radical (unpaired) electrons. The highest BCUT2D eigenvalue weighted by atomic mass is 35.5. The van der Waals surface area contributed by atoms with Crippen LogP contribution < -0.4 is 10.6 Å². The molecule has 152 valence electrons. The number of nitrogens with one attached hydrogen (secondary N) is 2. The van der Waals surface area contributed by atoms with Gasteiger partial charge in [0.1, 0.15) is 5.76 Å². The SMILES string of the molecule is CCN(CC)CC(Cc1nc(-c2ccc(Cl)cc2)oc1C)NC(=O)C1CNC1. The molecule has 0 saturated carbocycles. The van der Waals surface area contributed by atoms with Crippen LogP contribution in [0.5, 0.6) is 0 Å². The highest BCUT2D eigenvalue weighted by Crippen LogP contribution is 2.24. The highest BCUT2D eigenvalue weighted by Gasteiger charge is 2.28. The summed E-state index contributed by atoms with van der Waals surface area (Å²) in [6, 6.07) is 7.44. The lowest BCUT2D eigenvalue weighted by Crippen LogP contribution is -2.55. The second-order valence-corrected chi connectivity index (χ2v) is 7.72. The monoisotopic (exact) mass is 404 g/mol. The third-order valence-corrected chi connectivity index (χ3v) is 5.55. The molecule has 1 aromatic carbocycles. The Labute approximate surface area is 171 Å². The smallest absolute Gasteiger partial charge is 0.226 e. The van der Waals surface area contributed by atoms with Gasteiger partial charge in [-0.2, -0.15) is 0 Å². The second-order valence-electron chi connectivity index (χ2n) is 7.28. The van der Waals surface area contributed by atoms with Crippen molar-refractivity contribution < 1.29 is 9.21 Å². The van der Waals surface area contributed by atoms with Crippen LogP contribution in [-0.4, -0.2) is 54.6 Å². The van der Waals surface area contributed by atoms with Gasteiger partial charge in [0.15, 0.2) is 0 Å². The van der Waals surface area contributed by atoms with Gasteiger partial charge in [0.05, 0.1) is 11.6 Å². The summed E-state index contributed by atoms with van der Waals surface area (Å²) < 4.78 is 5.89. The van der Waals surface area contributed by atoms with E-state index < -0.39 is 0 Å². The first-order valence-electron chi connectivity index (χ1n) is 9.95. The number of nitrogens with zero attached hydrogens (tertiary/aromatic N) is 2. The molecule has 2 aromatic rings. The van der Waals surface area contributed by atoms with E-state index in [9.17, 15) is 4.79 Å². The van der Waals surface area contributed by atoms with Crippen LogP contribution in [0.15, 0.2) is 28.7 Å². The summed E-state index contributed by atoms with van der Waals surface area (Å²) in [5.41, 5.74) is 1.78. The standard InChI is InChI=1S/C21H29ClN4O2/c1-4-26(5-2)13-18(24-20(27)16-11-23-12-16)10-19-14(3)28-21(25-19)15-6-8-17(22)9-7-15/h6-9,16,18,23H,4-5,10-13H2,1-3H3,(H,24,27). The Morgan fingerprint density at radius 3 is 2.57 bits per heavy atom. The lowest BCUT2D eigenvalue weighted by molar-refractivity contribution is -0.127. The minimum absolute atomic E-state index is 0.00475. The maximum Gasteiger partial charge on any atom is 0.226 e. The fourth-order valence-electron chi connectivity index (χ4n) is 3.31. The number of hydrogen-bond acceptors (Lipinski definition) is 5. The van der Waals surface area contributed by atoms with Crippen molar-refractivity contribution in [2.45, 2.75) is 33.2 Å². The molecule has 1 atom stereocenters. The third-order valence-electron chi connectivity index (χ3n) is 5.30. The van der Waals surface area contributed by atoms with Crippen molar-refractivity contribution >= 4 is 17.5 Å². The van der Waals surface area contributed by atoms with Crippen LogP contribution in [0.25, 0.3) is 11.5 Å². The van der Waals surface area contributed by atoms with Crippen molar-refractivity contribution in [2.24, 2.45) is 5.92 Å². The molecule has 3 rings (SSSR count). The number of carbonyl (C=O) groups excluding carboxylic acids is 1. The average molecular weight is 405 g/mol. The largest absolute Gasteiger partial charge is 0.441 e. The van der Waals surface area contributed by atoms with Crippen LogP contribution in [0.1, 0.15) is 25.3 Å². The van der Waals surface area contributed by atoms with Crippen molar-refractivity contribution in [3.63, 3.8) is 0 Å². The number of likely N-dealkylation sites (N-methyl/N-ethyl adjacent to an activating group) is 1. The normalized spacial score (nSPS) is 15.5. The molecule has 1 aromatic heterocycles. The summed E-state index contributed by atoms with van der Waals surface area (Å²) in [6.07, 6.45) is 0.644. The minimum atomic E-state index is -0.00475. The zero-order valence-electron chi connectivity index (χ0n) is 16.8. The van der Waals surface area contributed by atoms with Gasteiger partial charge >= 0.3 is 0 Å². The molecule has 1 unspecified atom stereocenters. The molecular weight excluding hydrogens is 376 g/mol. The molecule has 2 heterocycles. The summed E-state index contributed by atoms with van der Waals surface area (Å²) in [5, 5.41) is 7.07. The van der Waals surface area contributed by atoms with E-state index in [4.69, 9.17) is 21.0 Å². The summed E-state index contributed by atoms with van der Waals surface area (Å²) >= 11 is 5.97. The van der Waals surface area contributed by atoms with E-state index in [0.717, 1.165) is 49.7 Å². The first-order valence-corrected chi connectivity index (χ1v) is 10.3. The molecule has 0 bridgehead atoms. The van der Waals surface area contributed by atoms with Gasteiger partial charge in [-0.1, -0.05) is 25.4 Å². The van der Waals surface area contributed by atoms with E-state index in [2.05, 4.69) is 29.4 Å². The number of aryl methyl sites for hydroxylation is 1. The van der Waals surface area contributed by atoms with E-state index in [-0.39, 0.29) is 17.9 Å². The van der Waals surface area contributed by atoms with Gasteiger partial charge in [0.25, 0.3) is 0 Å². The molecule has 6 nitrogen and oxygen atoms in total. The molecule has 1 saturated heterocycles. The van der Waals surface area contributed by atoms with Gasteiger partial charge in [0, 0.05) is 42.7 Å². The number of benzene rings is 1. The van der Waals surface area contributed by atoms with Crippen LogP contribution in [-0.2, 0) is 11.2 Å². The Morgan fingerprint density at radius 2 is 2.00 bits per heavy atom. The van der Waals surface area contributed by atoms with Gasteiger partial charge in [-0.25, -0.2) is 4.98 Å². The lowest BCUT2D eigenvalue weighted by Gasteiger charge is -2.30. The number of amides is 1. The summed E-state index contributed by atoms with van der Waals surface area (Å²) in [7, 11) is 0. The van der Waals surface area contributed by atoms with Crippen molar-refractivity contribution in [1.82, 2.24) is 20.5 Å². The Kier molecular flexibility index (Phi) is 7.10. The second kappa shape index (κ2) is 9.54. The van der Waals surface area contributed by atoms with Gasteiger partial charge in [-0.15, -0.1) is 0 Å². The Balaban J connectivity index is 1.74. The van der Waals surface area contributed by atoms with Crippen molar-refractivity contribution in [3.05, 3.63) is 40.7 Å². The molecular formula is C21H29ClN4O2. The van der Waals surface area contributed by atoms with Crippen LogP contribution >= 0.6 is 11.6 Å². The summed E-state index contributed by atoms with van der Waals surface area (Å²) in [5.74, 6) is 1.56. The number of hydrogen-bond donors (Lipinski definition) is 2. The van der Waals surface area contributed by atoms with E-state index in [0.29, 0.717) is 17.3 Å².